The van der Waals surface area contributed by atoms with Crippen LogP contribution in [0.3, 0.4) is 0 Å². The van der Waals surface area contributed by atoms with Crippen LogP contribution in [0.25, 0.3) is 12.2 Å². The summed E-state index contributed by atoms with van der Waals surface area (Å²) in [6, 6.07) is 14.7. The van der Waals surface area contributed by atoms with Gasteiger partial charge in [0.1, 0.15) is 0 Å². The molecule has 0 saturated carbocycles. The second-order valence-electron chi connectivity index (χ2n) is 3.76. The third kappa shape index (κ3) is 3.35. The van der Waals surface area contributed by atoms with Gasteiger partial charge < -0.3 is 5.73 Å². The second kappa shape index (κ2) is 5.86. The van der Waals surface area contributed by atoms with E-state index in [4.69, 9.17) is 5.73 Å². The molecule has 0 amide bonds. The molecule has 0 fully saturated rings. The zero-order valence-electron chi connectivity index (χ0n) is 9.61. The number of hydrogen-bond acceptors (Lipinski definition) is 2. The maximum Gasteiger partial charge on any atom is 0.0938 e. The fourth-order valence-corrected chi connectivity index (χ4v) is 1.49. The normalized spacial score (nSPS) is 10.7. The van der Waals surface area contributed by atoms with Gasteiger partial charge in [-0.3, -0.25) is 0 Å². The molecule has 18 heavy (non-hydrogen) atoms. The molecule has 2 N–H and O–H groups in total. The van der Waals surface area contributed by atoms with Gasteiger partial charge in [-0.1, -0.05) is 46.9 Å². The molecular weight excluding hydrogens is 228 g/mol. The summed E-state index contributed by atoms with van der Waals surface area (Å²) >= 11 is 0. The molecule has 0 aromatic heterocycles. The Morgan fingerprint density at radius 2 is 1.39 bits per heavy atom. The molecule has 2 rings (SSSR count). The van der Waals surface area contributed by atoms with Gasteiger partial charge in [0.05, 0.1) is 5.69 Å². The number of benzene rings is 2. The van der Waals surface area contributed by atoms with Gasteiger partial charge in [-0.05, 0) is 40.6 Å². The van der Waals surface area contributed by atoms with Gasteiger partial charge in [-0.2, -0.15) is 0 Å². The zero-order chi connectivity index (χ0) is 12.8. The summed E-state index contributed by atoms with van der Waals surface area (Å²) in [5, 5.41) is 9.83. The van der Waals surface area contributed by atoms with Crippen LogP contribution in [0.15, 0.2) is 48.5 Å². The molecule has 0 atom stereocenters. The maximum absolute atomic E-state index is 9.83. The fourth-order valence-electron chi connectivity index (χ4n) is 1.49. The maximum atomic E-state index is 9.83. The van der Waals surface area contributed by atoms with Crippen LogP contribution in [0.5, 0.6) is 0 Å². The summed E-state index contributed by atoms with van der Waals surface area (Å²) in [6.45, 7) is 0. The Morgan fingerprint density at radius 3 is 1.89 bits per heavy atom. The molecule has 0 spiro atoms. The summed E-state index contributed by atoms with van der Waals surface area (Å²) in [7, 11) is 0. The smallest absolute Gasteiger partial charge is 0.0938 e. The Balaban J connectivity index is 2.06. The van der Waals surface area contributed by atoms with E-state index >= 15 is 0 Å². The number of nitrogen functional groups attached to an aromatic ring is 1. The summed E-state index contributed by atoms with van der Waals surface area (Å²) in [6.07, 6.45) is 3.95. The Kier molecular flexibility index (Phi) is 3.96. The highest BCUT2D eigenvalue weighted by atomic mass is 17.2. The second-order valence-corrected chi connectivity index (χ2v) is 3.76. The number of nitrogens with two attached hydrogens (primary N) is 1. The largest absolute Gasteiger partial charge is 0.399 e. The average Bonchev–Trinajstić information content (AvgIpc) is 2.40. The minimum Gasteiger partial charge on any atom is -0.399 e. The molecular formula is C14H12N2O2. The Bertz CT molecular complexity index is 518. The van der Waals surface area contributed by atoms with E-state index in [1.165, 1.54) is 0 Å². The first kappa shape index (κ1) is 12.2. The van der Waals surface area contributed by atoms with Gasteiger partial charge in [0.2, 0.25) is 0 Å². The molecule has 0 aliphatic rings. The minimum atomic E-state index is 0.495. The zero-order valence-corrected chi connectivity index (χ0v) is 9.61. The van der Waals surface area contributed by atoms with Crippen molar-refractivity contribution in [2.24, 2.45) is 0 Å². The third-order valence-corrected chi connectivity index (χ3v) is 2.44. The summed E-state index contributed by atoms with van der Waals surface area (Å²) in [5.41, 5.74) is 12.2. The van der Waals surface area contributed by atoms with Crippen LogP contribution in [0.1, 0.15) is 11.1 Å². The topological polar surface area (TPSA) is 69.2 Å². The van der Waals surface area contributed by atoms with E-state index in [0.29, 0.717) is 5.69 Å². The van der Waals surface area contributed by atoms with Gasteiger partial charge in [-0.15, -0.1) is 0 Å². The van der Waals surface area contributed by atoms with Crippen molar-refractivity contribution in [3.63, 3.8) is 0 Å². The Labute approximate surface area is 105 Å². The highest BCUT2D eigenvalue weighted by Gasteiger charge is 1.94. The lowest BCUT2D eigenvalue weighted by molar-refractivity contribution is -0.339. The highest BCUT2D eigenvalue weighted by Crippen LogP contribution is 2.13. The Hall–Kier alpha value is -2.30. The van der Waals surface area contributed by atoms with E-state index in [0.717, 1.165) is 16.8 Å². The molecule has 2 aromatic rings. The fraction of sp³-hybridized carbons (Fsp3) is 0. The van der Waals surface area contributed by atoms with E-state index in [-0.39, 0.29) is 0 Å². The lowest BCUT2D eigenvalue weighted by atomic mass is 10.1. The van der Waals surface area contributed by atoms with Crippen LogP contribution in [0.4, 0.5) is 11.4 Å². The first-order chi connectivity index (χ1) is 8.78. The first-order valence-electron chi connectivity index (χ1n) is 5.41. The van der Waals surface area contributed by atoms with Crippen molar-refractivity contribution in [1.29, 1.82) is 0 Å². The summed E-state index contributed by atoms with van der Waals surface area (Å²) < 4.78 is 0. The van der Waals surface area contributed by atoms with E-state index in [2.05, 4.69) is 10.5 Å². The number of hydrogen-bond donors (Lipinski definition) is 1. The van der Waals surface area contributed by atoms with Crippen LogP contribution in [0.2, 0.25) is 0 Å². The van der Waals surface area contributed by atoms with Crippen LogP contribution in [-0.4, -0.2) is 0 Å². The molecule has 0 heterocycles. The van der Waals surface area contributed by atoms with Crippen LogP contribution in [0, 0.1) is 0 Å². The van der Waals surface area contributed by atoms with Crippen molar-refractivity contribution < 1.29 is 10.2 Å². The monoisotopic (exact) mass is 240 g/mol. The first-order valence-corrected chi connectivity index (χ1v) is 5.41. The predicted octanol–water partition coefficient (Wildman–Crippen LogP) is 2.95. The van der Waals surface area contributed by atoms with Gasteiger partial charge in [0.25, 0.3) is 0 Å². The molecule has 2 radical (unpaired) electrons. The predicted molar refractivity (Wildman–Crippen MR) is 69.8 cm³/mol. The van der Waals surface area contributed by atoms with Crippen LogP contribution >= 0.6 is 0 Å². The number of anilines is 1. The lowest BCUT2D eigenvalue weighted by Gasteiger charge is -1.98. The molecule has 4 nitrogen and oxygen atoms in total. The Morgan fingerprint density at radius 1 is 0.889 bits per heavy atom. The SMILES string of the molecule is Nc1ccc(/C=C/c2ccc([N]O[O])cc2)cc1. The van der Waals surface area contributed by atoms with Crippen molar-refractivity contribution in [2.45, 2.75) is 0 Å². The van der Waals surface area contributed by atoms with E-state index in [9.17, 15) is 5.26 Å². The molecule has 90 valence electrons. The van der Waals surface area contributed by atoms with E-state index in [1.807, 2.05) is 48.6 Å². The van der Waals surface area contributed by atoms with Crippen molar-refractivity contribution >= 4 is 23.5 Å². The van der Waals surface area contributed by atoms with Crippen LogP contribution in [-0.2, 0) is 10.2 Å². The number of rotatable bonds is 4. The molecule has 2 aromatic carbocycles. The average molecular weight is 240 g/mol. The van der Waals surface area contributed by atoms with Crippen molar-refractivity contribution in [3.8, 4) is 0 Å². The molecule has 0 saturated heterocycles. The van der Waals surface area contributed by atoms with Crippen molar-refractivity contribution in [2.75, 3.05) is 5.73 Å². The standard InChI is InChI=1S/C14H12N2O2/c15-13-7-3-11(4-8-13)1-2-12-5-9-14(10-6-12)16-18-17/h1-10H,15H2/b2-1+. The van der Waals surface area contributed by atoms with Gasteiger partial charge in [0, 0.05) is 5.69 Å². The van der Waals surface area contributed by atoms with Gasteiger partial charge in [-0.25, -0.2) is 0 Å². The molecule has 0 aliphatic carbocycles. The quantitative estimate of drug-likeness (QED) is 0.386. The molecule has 0 bridgehead atoms. The molecule has 4 heteroatoms. The molecule has 0 aliphatic heterocycles. The van der Waals surface area contributed by atoms with Gasteiger partial charge >= 0.3 is 0 Å². The van der Waals surface area contributed by atoms with Crippen molar-refractivity contribution in [3.05, 3.63) is 59.7 Å². The van der Waals surface area contributed by atoms with Gasteiger partial charge in [0.15, 0.2) is 0 Å². The highest BCUT2D eigenvalue weighted by molar-refractivity contribution is 5.70. The number of nitrogens with zero attached hydrogens (tertiary/aromatic N) is 1. The third-order valence-electron chi connectivity index (χ3n) is 2.44. The minimum absolute atomic E-state index is 0.495. The van der Waals surface area contributed by atoms with E-state index < -0.39 is 0 Å². The lowest BCUT2D eigenvalue weighted by Crippen LogP contribution is -1.92. The summed E-state index contributed by atoms with van der Waals surface area (Å²) in [4.78, 5) is 3.45. The van der Waals surface area contributed by atoms with E-state index in [1.54, 1.807) is 12.1 Å². The van der Waals surface area contributed by atoms with Crippen LogP contribution < -0.4 is 11.2 Å². The summed E-state index contributed by atoms with van der Waals surface area (Å²) in [5.74, 6) is 0. The van der Waals surface area contributed by atoms with Crippen molar-refractivity contribution in [1.82, 2.24) is 5.48 Å². The molecule has 0 unspecified atom stereocenters.